The largest absolute Gasteiger partial charge is 0.229 e. The molecule has 0 unspecified atom stereocenters. The van der Waals surface area contributed by atoms with E-state index in [0.717, 1.165) is 38.5 Å². The van der Waals surface area contributed by atoms with Gasteiger partial charge in [0.25, 0.3) is 0 Å². The van der Waals surface area contributed by atoms with E-state index in [1.54, 1.807) is 0 Å². The Balaban J connectivity index is 1.94. The topological polar surface area (TPSA) is 34.1 Å². The highest BCUT2D eigenvalue weighted by molar-refractivity contribution is 7.92. The number of rotatable bonds is 3. The molecule has 88 valence electrons. The van der Waals surface area contributed by atoms with Crippen molar-refractivity contribution in [1.29, 1.82) is 0 Å². The Kier molecular flexibility index (Phi) is 2.87. The molecule has 0 saturated heterocycles. The smallest absolute Gasteiger partial charge is 0.153 e. The van der Waals surface area contributed by atoms with Crippen molar-refractivity contribution in [3.8, 4) is 0 Å². The van der Waals surface area contributed by atoms with Gasteiger partial charge in [-0.15, -0.1) is 0 Å². The lowest BCUT2D eigenvalue weighted by Gasteiger charge is -2.33. The fourth-order valence-electron chi connectivity index (χ4n) is 2.48. The van der Waals surface area contributed by atoms with Crippen LogP contribution in [0, 0.1) is 11.3 Å². The second-order valence-electron chi connectivity index (χ2n) is 6.14. The summed E-state index contributed by atoms with van der Waals surface area (Å²) in [4.78, 5) is 0. The molecule has 0 aliphatic heterocycles. The third kappa shape index (κ3) is 2.96. The van der Waals surface area contributed by atoms with Gasteiger partial charge in [0.15, 0.2) is 9.84 Å². The summed E-state index contributed by atoms with van der Waals surface area (Å²) in [7, 11) is -2.77. The summed E-state index contributed by atoms with van der Waals surface area (Å²) in [5.74, 6) is 0.975. The Hall–Kier alpha value is -0.0500. The van der Waals surface area contributed by atoms with E-state index in [-0.39, 0.29) is 5.25 Å². The highest BCUT2D eigenvalue weighted by Crippen LogP contribution is 2.39. The van der Waals surface area contributed by atoms with Crippen molar-refractivity contribution in [3.05, 3.63) is 0 Å². The van der Waals surface area contributed by atoms with E-state index in [1.165, 1.54) is 0 Å². The molecule has 0 aromatic heterocycles. The van der Waals surface area contributed by atoms with Gasteiger partial charge in [-0.05, 0) is 49.9 Å². The van der Waals surface area contributed by atoms with Crippen LogP contribution in [0.5, 0.6) is 0 Å². The zero-order valence-electron chi connectivity index (χ0n) is 9.83. The van der Waals surface area contributed by atoms with Crippen molar-refractivity contribution in [2.45, 2.75) is 57.6 Å². The van der Waals surface area contributed by atoms with E-state index in [0.29, 0.717) is 17.1 Å². The molecule has 2 aliphatic carbocycles. The normalized spacial score (nSPS) is 27.9. The van der Waals surface area contributed by atoms with Crippen LogP contribution in [0.2, 0.25) is 0 Å². The van der Waals surface area contributed by atoms with Gasteiger partial charge in [-0.2, -0.15) is 0 Å². The van der Waals surface area contributed by atoms with Gasteiger partial charge in [0, 0.05) is 0 Å². The lowest BCUT2D eigenvalue weighted by atomic mass is 9.77. The van der Waals surface area contributed by atoms with Crippen LogP contribution >= 0.6 is 0 Å². The van der Waals surface area contributed by atoms with Crippen molar-refractivity contribution >= 4 is 9.84 Å². The van der Waals surface area contributed by atoms with Crippen molar-refractivity contribution < 1.29 is 8.42 Å². The minimum Gasteiger partial charge on any atom is -0.229 e. The van der Waals surface area contributed by atoms with Crippen LogP contribution in [0.4, 0.5) is 0 Å². The summed E-state index contributed by atoms with van der Waals surface area (Å²) in [5, 5.41) is -0.0221. The highest BCUT2D eigenvalue weighted by atomic mass is 32.2. The van der Waals surface area contributed by atoms with Crippen molar-refractivity contribution in [2.24, 2.45) is 11.3 Å². The van der Waals surface area contributed by atoms with Crippen LogP contribution in [0.15, 0.2) is 0 Å². The maximum Gasteiger partial charge on any atom is 0.153 e. The van der Waals surface area contributed by atoms with Gasteiger partial charge in [-0.1, -0.05) is 13.8 Å². The molecule has 0 bridgehead atoms. The zero-order valence-corrected chi connectivity index (χ0v) is 10.6. The third-order valence-corrected chi connectivity index (χ3v) is 6.38. The van der Waals surface area contributed by atoms with Gasteiger partial charge in [-0.25, -0.2) is 8.42 Å². The molecule has 0 atom stereocenters. The van der Waals surface area contributed by atoms with E-state index in [9.17, 15) is 8.42 Å². The summed E-state index contributed by atoms with van der Waals surface area (Å²) < 4.78 is 24.1. The molecule has 2 nitrogen and oxygen atoms in total. The quantitative estimate of drug-likeness (QED) is 0.747. The molecule has 3 heteroatoms. The second-order valence-corrected chi connectivity index (χ2v) is 8.46. The minimum absolute atomic E-state index is 0.0221. The van der Waals surface area contributed by atoms with Crippen LogP contribution in [-0.4, -0.2) is 19.4 Å². The van der Waals surface area contributed by atoms with Crippen LogP contribution in [0.3, 0.4) is 0 Å². The molecular weight excluding hydrogens is 208 g/mol. The van der Waals surface area contributed by atoms with Crippen LogP contribution < -0.4 is 0 Å². The summed E-state index contributed by atoms with van der Waals surface area (Å²) in [6.07, 6.45) is 6.20. The van der Waals surface area contributed by atoms with Gasteiger partial charge in [-0.3, -0.25) is 0 Å². The number of sulfone groups is 1. The summed E-state index contributed by atoms with van der Waals surface area (Å²) in [5.41, 5.74) is 0.367. The first-order valence-corrected chi connectivity index (χ1v) is 7.82. The van der Waals surface area contributed by atoms with Crippen LogP contribution in [0.1, 0.15) is 52.4 Å². The van der Waals surface area contributed by atoms with Crippen LogP contribution in [0.25, 0.3) is 0 Å². The lowest BCUT2D eigenvalue weighted by Crippen LogP contribution is -2.32. The Bertz CT molecular complexity index is 316. The SMILES string of the molecule is CC1(C)CCC(S(=O)(=O)CC2CC2)CC1. The maximum atomic E-state index is 12.0. The molecule has 2 aliphatic rings. The molecule has 0 radical (unpaired) electrons. The Morgan fingerprint density at radius 2 is 1.60 bits per heavy atom. The Labute approximate surface area is 93.4 Å². The van der Waals surface area contributed by atoms with Crippen LogP contribution in [-0.2, 0) is 9.84 Å². The van der Waals surface area contributed by atoms with E-state index in [4.69, 9.17) is 0 Å². The second kappa shape index (κ2) is 3.76. The minimum atomic E-state index is -2.77. The van der Waals surface area contributed by atoms with Gasteiger partial charge < -0.3 is 0 Å². The van der Waals surface area contributed by atoms with E-state index < -0.39 is 9.84 Å². The molecule has 0 aromatic rings. The monoisotopic (exact) mass is 230 g/mol. The molecule has 0 N–H and O–H groups in total. The first kappa shape index (κ1) is 11.4. The van der Waals surface area contributed by atoms with E-state index in [1.807, 2.05) is 0 Å². The first-order valence-electron chi connectivity index (χ1n) is 6.11. The number of hydrogen-bond acceptors (Lipinski definition) is 2. The average molecular weight is 230 g/mol. The summed E-state index contributed by atoms with van der Waals surface area (Å²) >= 11 is 0. The van der Waals surface area contributed by atoms with Gasteiger partial charge >= 0.3 is 0 Å². The standard InChI is InChI=1S/C12H22O2S/c1-12(2)7-5-11(6-8-12)15(13,14)9-10-3-4-10/h10-11H,3-9H2,1-2H3. The highest BCUT2D eigenvalue weighted by Gasteiger charge is 2.37. The Morgan fingerprint density at radius 3 is 2.07 bits per heavy atom. The van der Waals surface area contributed by atoms with Crippen molar-refractivity contribution in [1.82, 2.24) is 0 Å². The van der Waals surface area contributed by atoms with Gasteiger partial charge in [0.1, 0.15) is 0 Å². The van der Waals surface area contributed by atoms with E-state index in [2.05, 4.69) is 13.8 Å². The van der Waals surface area contributed by atoms with Gasteiger partial charge in [0.05, 0.1) is 11.0 Å². The fourth-order valence-corrected chi connectivity index (χ4v) is 4.70. The number of hydrogen-bond donors (Lipinski definition) is 0. The molecule has 0 aromatic carbocycles. The van der Waals surface area contributed by atoms with Gasteiger partial charge in [0.2, 0.25) is 0 Å². The maximum absolute atomic E-state index is 12.0. The molecule has 2 rings (SSSR count). The average Bonchev–Trinajstić information content (AvgIpc) is 2.86. The molecular formula is C12H22O2S. The molecule has 2 saturated carbocycles. The zero-order chi connectivity index (χ0) is 11.1. The molecule has 15 heavy (non-hydrogen) atoms. The third-order valence-electron chi connectivity index (χ3n) is 3.96. The Morgan fingerprint density at radius 1 is 1.07 bits per heavy atom. The first-order chi connectivity index (χ1) is 6.89. The van der Waals surface area contributed by atoms with Crippen molar-refractivity contribution in [2.75, 3.05) is 5.75 Å². The summed E-state index contributed by atoms with van der Waals surface area (Å²) in [6, 6.07) is 0. The van der Waals surface area contributed by atoms with Crippen molar-refractivity contribution in [3.63, 3.8) is 0 Å². The van der Waals surface area contributed by atoms with E-state index >= 15 is 0 Å². The molecule has 0 amide bonds. The molecule has 0 spiro atoms. The predicted octanol–water partition coefficient (Wildman–Crippen LogP) is 2.78. The molecule has 0 heterocycles. The molecule has 2 fully saturated rings. The fraction of sp³-hybridized carbons (Fsp3) is 1.00. The predicted molar refractivity (Wildman–Crippen MR) is 62.5 cm³/mol. The lowest BCUT2D eigenvalue weighted by molar-refractivity contribution is 0.246. The summed E-state index contributed by atoms with van der Waals surface area (Å²) in [6.45, 7) is 4.49.